The van der Waals surface area contributed by atoms with Crippen molar-refractivity contribution < 1.29 is 19.0 Å². The minimum atomic E-state index is -0.283. The third kappa shape index (κ3) is 5.98. The molecule has 1 saturated heterocycles. The van der Waals surface area contributed by atoms with Crippen LogP contribution in [0, 0.1) is 6.92 Å². The number of hydrogen-bond donors (Lipinski definition) is 1. The predicted octanol–water partition coefficient (Wildman–Crippen LogP) is 3.91. The standard InChI is InChI=1S/C25H28N4O4/c1-3-31-20-7-4-8-21(14-20)33-17-24(30)29-12-13-32-23(16-29)22-10-9-19(15-27-22)28-25-18(2)6-5-11-26-25/h4-11,14-15,23H,3,12-13,16-17H2,1-2H3,(H,26,28)/t23-/m1/s1. The van der Waals surface area contributed by atoms with E-state index in [1.807, 2.05) is 56.3 Å². The van der Waals surface area contributed by atoms with Gasteiger partial charge in [-0.05, 0) is 49.7 Å². The van der Waals surface area contributed by atoms with Crippen LogP contribution < -0.4 is 14.8 Å². The fourth-order valence-electron chi connectivity index (χ4n) is 3.53. The molecule has 1 aliphatic heterocycles. The molecule has 0 spiro atoms. The Morgan fingerprint density at radius 3 is 2.76 bits per heavy atom. The predicted molar refractivity (Wildman–Crippen MR) is 125 cm³/mol. The lowest BCUT2D eigenvalue weighted by atomic mass is 10.2. The van der Waals surface area contributed by atoms with Crippen LogP contribution in [0.3, 0.4) is 0 Å². The van der Waals surface area contributed by atoms with Crippen molar-refractivity contribution in [1.29, 1.82) is 0 Å². The first-order valence-electron chi connectivity index (χ1n) is 11.0. The fourth-order valence-corrected chi connectivity index (χ4v) is 3.53. The number of nitrogens with zero attached hydrogens (tertiary/aromatic N) is 3. The summed E-state index contributed by atoms with van der Waals surface area (Å²) >= 11 is 0. The van der Waals surface area contributed by atoms with Gasteiger partial charge < -0.3 is 24.4 Å². The van der Waals surface area contributed by atoms with Crippen LogP contribution in [0.1, 0.15) is 24.3 Å². The van der Waals surface area contributed by atoms with E-state index in [0.717, 1.165) is 28.5 Å². The Balaban J connectivity index is 1.32. The number of pyridine rings is 2. The first-order chi connectivity index (χ1) is 16.1. The third-order valence-electron chi connectivity index (χ3n) is 5.29. The summed E-state index contributed by atoms with van der Waals surface area (Å²) < 4.78 is 17.0. The molecular weight excluding hydrogens is 420 g/mol. The van der Waals surface area contributed by atoms with Crippen molar-refractivity contribution in [3.8, 4) is 11.5 Å². The molecular formula is C25H28N4O4. The Labute approximate surface area is 193 Å². The molecule has 3 heterocycles. The zero-order valence-electron chi connectivity index (χ0n) is 18.9. The van der Waals surface area contributed by atoms with Gasteiger partial charge in [0.25, 0.3) is 5.91 Å². The highest BCUT2D eigenvalue weighted by molar-refractivity contribution is 5.78. The molecule has 8 nitrogen and oxygen atoms in total. The molecule has 1 amide bonds. The number of carbonyl (C=O) groups is 1. The van der Waals surface area contributed by atoms with Gasteiger partial charge in [0, 0.05) is 18.8 Å². The van der Waals surface area contributed by atoms with E-state index in [9.17, 15) is 4.79 Å². The van der Waals surface area contributed by atoms with E-state index in [0.29, 0.717) is 32.1 Å². The highest BCUT2D eigenvalue weighted by atomic mass is 16.5. The summed E-state index contributed by atoms with van der Waals surface area (Å²) in [6.07, 6.45) is 3.22. The number of anilines is 2. The molecule has 0 saturated carbocycles. The second-order valence-corrected chi connectivity index (χ2v) is 7.66. The summed E-state index contributed by atoms with van der Waals surface area (Å²) in [6.45, 7) is 5.86. The lowest BCUT2D eigenvalue weighted by Crippen LogP contribution is -2.44. The van der Waals surface area contributed by atoms with Crippen molar-refractivity contribution in [2.45, 2.75) is 20.0 Å². The Kier molecular flexibility index (Phi) is 7.36. The number of carbonyl (C=O) groups excluding carboxylic acids is 1. The lowest BCUT2D eigenvalue weighted by molar-refractivity contribution is -0.141. The van der Waals surface area contributed by atoms with E-state index in [4.69, 9.17) is 14.2 Å². The van der Waals surface area contributed by atoms with Crippen LogP contribution in [0.15, 0.2) is 60.9 Å². The van der Waals surface area contributed by atoms with Gasteiger partial charge >= 0.3 is 0 Å². The van der Waals surface area contributed by atoms with Crippen molar-refractivity contribution in [1.82, 2.24) is 14.9 Å². The van der Waals surface area contributed by atoms with Crippen molar-refractivity contribution in [3.05, 3.63) is 72.2 Å². The first-order valence-corrected chi connectivity index (χ1v) is 11.0. The number of aromatic nitrogens is 2. The number of amides is 1. The van der Waals surface area contributed by atoms with Gasteiger partial charge in [-0.3, -0.25) is 9.78 Å². The molecule has 0 aliphatic carbocycles. The van der Waals surface area contributed by atoms with Crippen LogP contribution in [0.2, 0.25) is 0 Å². The molecule has 3 aromatic rings. The quantitative estimate of drug-likeness (QED) is 0.559. The summed E-state index contributed by atoms with van der Waals surface area (Å²) in [4.78, 5) is 23.4. The molecule has 1 aromatic carbocycles. The monoisotopic (exact) mass is 448 g/mol. The van der Waals surface area contributed by atoms with Crippen LogP contribution in [0.5, 0.6) is 11.5 Å². The minimum Gasteiger partial charge on any atom is -0.494 e. The van der Waals surface area contributed by atoms with E-state index >= 15 is 0 Å². The van der Waals surface area contributed by atoms with Gasteiger partial charge in [-0.1, -0.05) is 12.1 Å². The Hall–Kier alpha value is -3.65. The number of benzene rings is 1. The van der Waals surface area contributed by atoms with Gasteiger partial charge in [0.2, 0.25) is 0 Å². The second kappa shape index (κ2) is 10.8. The van der Waals surface area contributed by atoms with Crippen molar-refractivity contribution in [2.75, 3.05) is 38.2 Å². The van der Waals surface area contributed by atoms with E-state index < -0.39 is 0 Å². The third-order valence-corrected chi connectivity index (χ3v) is 5.29. The Bertz CT molecular complexity index is 1070. The number of nitrogens with one attached hydrogen (secondary N) is 1. The number of rotatable bonds is 8. The van der Waals surface area contributed by atoms with Gasteiger partial charge in [0.05, 0.1) is 37.3 Å². The van der Waals surface area contributed by atoms with Crippen LogP contribution in [-0.2, 0) is 9.53 Å². The maximum Gasteiger partial charge on any atom is 0.260 e. The van der Waals surface area contributed by atoms with Gasteiger partial charge in [-0.2, -0.15) is 0 Å². The van der Waals surface area contributed by atoms with Crippen LogP contribution in [0.25, 0.3) is 0 Å². The van der Waals surface area contributed by atoms with E-state index in [1.165, 1.54) is 0 Å². The maximum atomic E-state index is 12.7. The van der Waals surface area contributed by atoms with Crippen LogP contribution >= 0.6 is 0 Å². The van der Waals surface area contributed by atoms with Crippen molar-refractivity contribution in [2.24, 2.45) is 0 Å². The average Bonchev–Trinajstić information content (AvgIpc) is 2.85. The molecule has 2 aromatic heterocycles. The van der Waals surface area contributed by atoms with Gasteiger partial charge in [0.1, 0.15) is 23.4 Å². The van der Waals surface area contributed by atoms with Gasteiger partial charge in [-0.25, -0.2) is 4.98 Å². The largest absolute Gasteiger partial charge is 0.494 e. The zero-order chi connectivity index (χ0) is 23.0. The zero-order valence-corrected chi connectivity index (χ0v) is 18.9. The molecule has 1 fully saturated rings. The molecule has 0 unspecified atom stereocenters. The second-order valence-electron chi connectivity index (χ2n) is 7.66. The minimum absolute atomic E-state index is 0.0397. The topological polar surface area (TPSA) is 85.8 Å². The highest BCUT2D eigenvalue weighted by Crippen LogP contribution is 2.24. The SMILES string of the molecule is CCOc1cccc(OCC(=O)N2CCO[C@@H](c3ccc(Nc4ncccc4C)cn3)C2)c1. The number of aryl methyl sites for hydroxylation is 1. The summed E-state index contributed by atoms with van der Waals surface area (Å²) in [5.41, 5.74) is 2.67. The van der Waals surface area contributed by atoms with Crippen molar-refractivity contribution in [3.63, 3.8) is 0 Å². The maximum absolute atomic E-state index is 12.7. The molecule has 0 radical (unpaired) electrons. The molecule has 1 aliphatic rings. The smallest absolute Gasteiger partial charge is 0.260 e. The molecule has 4 rings (SSSR count). The lowest BCUT2D eigenvalue weighted by Gasteiger charge is -2.32. The number of ether oxygens (including phenoxy) is 3. The molecule has 172 valence electrons. The number of hydrogen-bond acceptors (Lipinski definition) is 7. The van der Waals surface area contributed by atoms with Crippen LogP contribution in [0.4, 0.5) is 11.5 Å². The molecule has 1 atom stereocenters. The molecule has 1 N–H and O–H groups in total. The fraction of sp³-hybridized carbons (Fsp3) is 0.320. The molecule has 8 heteroatoms. The Morgan fingerprint density at radius 2 is 2.00 bits per heavy atom. The molecule has 33 heavy (non-hydrogen) atoms. The van der Waals surface area contributed by atoms with Gasteiger partial charge in [0.15, 0.2) is 6.61 Å². The van der Waals surface area contributed by atoms with Crippen molar-refractivity contribution >= 4 is 17.4 Å². The molecule has 0 bridgehead atoms. The highest BCUT2D eigenvalue weighted by Gasteiger charge is 2.26. The Morgan fingerprint density at radius 1 is 1.15 bits per heavy atom. The van der Waals surface area contributed by atoms with E-state index in [-0.39, 0.29) is 18.6 Å². The van der Waals surface area contributed by atoms with E-state index in [2.05, 4.69) is 15.3 Å². The summed E-state index contributed by atoms with van der Waals surface area (Å²) in [6, 6.07) is 15.0. The number of morpholine rings is 1. The van der Waals surface area contributed by atoms with E-state index in [1.54, 1.807) is 23.4 Å². The summed E-state index contributed by atoms with van der Waals surface area (Å²) in [7, 11) is 0. The summed E-state index contributed by atoms with van der Waals surface area (Å²) in [5.74, 6) is 2.03. The average molecular weight is 449 g/mol. The normalized spacial score (nSPS) is 15.7. The first kappa shape index (κ1) is 22.5. The summed E-state index contributed by atoms with van der Waals surface area (Å²) in [5, 5.41) is 3.27. The van der Waals surface area contributed by atoms with Crippen LogP contribution in [-0.4, -0.2) is 53.7 Å². The van der Waals surface area contributed by atoms with Gasteiger partial charge in [-0.15, -0.1) is 0 Å².